The second-order valence-corrected chi connectivity index (χ2v) is 8.25. The summed E-state index contributed by atoms with van der Waals surface area (Å²) in [5.74, 6) is 1.40. The van der Waals surface area contributed by atoms with Gasteiger partial charge in [0.15, 0.2) is 5.82 Å². The molecule has 4 heteroatoms. The van der Waals surface area contributed by atoms with Gasteiger partial charge in [0.1, 0.15) is 18.2 Å². The Hall–Kier alpha value is -2.88. The van der Waals surface area contributed by atoms with Gasteiger partial charge >= 0.3 is 0 Å². The summed E-state index contributed by atoms with van der Waals surface area (Å²) in [4.78, 5) is 14.0. The summed E-state index contributed by atoms with van der Waals surface area (Å²) in [6.07, 6.45) is 4.90. The molecule has 1 aromatic heterocycles. The van der Waals surface area contributed by atoms with E-state index >= 15 is 0 Å². The number of rotatable bonds is 2. The molecule has 0 amide bonds. The number of anilines is 4. The predicted molar refractivity (Wildman–Crippen MR) is 115 cm³/mol. The minimum Gasteiger partial charge on any atom is -0.315 e. The highest BCUT2D eigenvalue weighted by molar-refractivity contribution is 5.88. The third kappa shape index (κ3) is 2.12. The van der Waals surface area contributed by atoms with Crippen LogP contribution >= 0.6 is 0 Å². The monoisotopic (exact) mass is 370 g/mol. The summed E-state index contributed by atoms with van der Waals surface area (Å²) in [6, 6.07) is 17.5. The molecular weight excluding hydrogens is 344 g/mol. The van der Waals surface area contributed by atoms with Gasteiger partial charge in [-0.25, -0.2) is 9.97 Å². The van der Waals surface area contributed by atoms with Gasteiger partial charge in [0.25, 0.3) is 0 Å². The zero-order chi connectivity index (χ0) is 19.5. The van der Waals surface area contributed by atoms with Crippen LogP contribution in [0.5, 0.6) is 0 Å². The minimum absolute atomic E-state index is 0.0914. The lowest BCUT2D eigenvalue weighted by Gasteiger charge is -2.51. The van der Waals surface area contributed by atoms with Crippen LogP contribution in [0, 0.1) is 12.8 Å². The maximum absolute atomic E-state index is 4.73. The molecule has 3 unspecified atom stereocenters. The van der Waals surface area contributed by atoms with E-state index in [9.17, 15) is 0 Å². The molecule has 0 fully saturated rings. The number of benzene rings is 2. The molecule has 0 bridgehead atoms. The summed E-state index contributed by atoms with van der Waals surface area (Å²) in [5, 5.41) is 0. The van der Waals surface area contributed by atoms with Gasteiger partial charge < -0.3 is 9.80 Å². The van der Waals surface area contributed by atoms with Crippen molar-refractivity contribution in [1.29, 1.82) is 0 Å². The van der Waals surface area contributed by atoms with Crippen molar-refractivity contribution in [3.8, 4) is 0 Å². The SMILES string of the molecule is CCC1(C)c2ccccc2N2c3ncncc3N(c3ccccc3C)C2C1C. The van der Waals surface area contributed by atoms with Gasteiger partial charge in [-0.1, -0.05) is 57.2 Å². The molecule has 3 heterocycles. The van der Waals surface area contributed by atoms with E-state index in [0.717, 1.165) is 17.9 Å². The second kappa shape index (κ2) is 6.06. The van der Waals surface area contributed by atoms with E-state index < -0.39 is 0 Å². The van der Waals surface area contributed by atoms with E-state index in [0.29, 0.717) is 5.92 Å². The van der Waals surface area contributed by atoms with Crippen LogP contribution in [0.2, 0.25) is 0 Å². The maximum Gasteiger partial charge on any atom is 0.162 e. The van der Waals surface area contributed by atoms with E-state index in [1.165, 1.54) is 22.5 Å². The standard InChI is InChI=1S/C24H26N4/c1-5-24(4)17(3)23-27(19-12-8-6-10-16(19)2)21-14-25-15-26-22(21)28(23)20-13-9-7-11-18(20)24/h6-15,17,23H,5H2,1-4H3. The molecule has 0 N–H and O–H groups in total. The Kier molecular flexibility index (Phi) is 3.73. The Morgan fingerprint density at radius 1 is 0.964 bits per heavy atom. The molecule has 5 rings (SSSR count). The Morgan fingerprint density at radius 3 is 2.43 bits per heavy atom. The van der Waals surface area contributed by atoms with E-state index in [2.05, 4.69) is 91.0 Å². The highest BCUT2D eigenvalue weighted by Gasteiger charge is 2.53. The quantitative estimate of drug-likeness (QED) is 0.578. The molecule has 142 valence electrons. The molecule has 3 aromatic rings. The van der Waals surface area contributed by atoms with Gasteiger partial charge in [0, 0.05) is 22.7 Å². The zero-order valence-electron chi connectivity index (χ0n) is 16.9. The molecule has 0 spiro atoms. The van der Waals surface area contributed by atoms with Crippen molar-refractivity contribution >= 4 is 22.9 Å². The second-order valence-electron chi connectivity index (χ2n) is 8.25. The van der Waals surface area contributed by atoms with Crippen LogP contribution in [0.4, 0.5) is 22.9 Å². The van der Waals surface area contributed by atoms with Crippen LogP contribution in [0.1, 0.15) is 38.3 Å². The molecule has 0 radical (unpaired) electrons. The Balaban J connectivity index is 1.81. The smallest absolute Gasteiger partial charge is 0.162 e. The fourth-order valence-corrected chi connectivity index (χ4v) is 5.12. The fraction of sp³-hybridized carbons (Fsp3) is 0.333. The topological polar surface area (TPSA) is 32.3 Å². The first kappa shape index (κ1) is 17.2. The fourth-order valence-electron chi connectivity index (χ4n) is 5.12. The van der Waals surface area contributed by atoms with Crippen LogP contribution in [0.25, 0.3) is 0 Å². The van der Waals surface area contributed by atoms with E-state index in [-0.39, 0.29) is 11.6 Å². The van der Waals surface area contributed by atoms with E-state index in [1.54, 1.807) is 6.33 Å². The van der Waals surface area contributed by atoms with Crippen LogP contribution < -0.4 is 9.80 Å². The van der Waals surface area contributed by atoms with Crippen molar-refractivity contribution in [2.24, 2.45) is 5.92 Å². The lowest BCUT2D eigenvalue weighted by Crippen LogP contribution is -2.54. The molecule has 0 aliphatic carbocycles. The average Bonchev–Trinajstić information content (AvgIpc) is 3.07. The van der Waals surface area contributed by atoms with Crippen LogP contribution in [0.3, 0.4) is 0 Å². The molecule has 2 aromatic carbocycles. The normalized spacial score (nSPS) is 25.3. The van der Waals surface area contributed by atoms with Crippen LogP contribution in [-0.2, 0) is 5.41 Å². The van der Waals surface area contributed by atoms with Crippen molar-refractivity contribution in [3.05, 3.63) is 72.2 Å². The first-order valence-electron chi connectivity index (χ1n) is 10.1. The molecule has 28 heavy (non-hydrogen) atoms. The Labute approximate surface area is 166 Å². The first-order chi connectivity index (χ1) is 13.6. The van der Waals surface area contributed by atoms with Gasteiger partial charge in [-0.3, -0.25) is 0 Å². The van der Waals surface area contributed by atoms with Crippen molar-refractivity contribution in [3.63, 3.8) is 0 Å². The maximum atomic E-state index is 4.73. The highest BCUT2D eigenvalue weighted by atomic mass is 15.5. The summed E-state index contributed by atoms with van der Waals surface area (Å²) >= 11 is 0. The molecule has 2 aliphatic heterocycles. The molecule has 2 aliphatic rings. The van der Waals surface area contributed by atoms with Gasteiger partial charge in [0.05, 0.1) is 6.20 Å². The minimum atomic E-state index is 0.0914. The summed E-state index contributed by atoms with van der Waals surface area (Å²) < 4.78 is 0. The van der Waals surface area contributed by atoms with Crippen molar-refractivity contribution in [1.82, 2.24) is 9.97 Å². The third-order valence-corrected chi connectivity index (χ3v) is 7.03. The molecule has 3 atom stereocenters. The number of fused-ring (bicyclic) bond motifs is 5. The van der Waals surface area contributed by atoms with E-state index in [1.807, 2.05) is 6.20 Å². The number of aromatic nitrogens is 2. The highest BCUT2D eigenvalue weighted by Crippen LogP contribution is 2.57. The number of para-hydroxylation sites is 2. The Morgan fingerprint density at radius 2 is 1.68 bits per heavy atom. The van der Waals surface area contributed by atoms with Crippen molar-refractivity contribution in [2.75, 3.05) is 9.80 Å². The molecule has 4 nitrogen and oxygen atoms in total. The predicted octanol–water partition coefficient (Wildman–Crippen LogP) is 5.72. The summed E-state index contributed by atoms with van der Waals surface area (Å²) in [5.41, 5.74) is 6.36. The lowest BCUT2D eigenvalue weighted by molar-refractivity contribution is 0.249. The molecule has 0 saturated carbocycles. The summed E-state index contributed by atoms with van der Waals surface area (Å²) in [6.45, 7) is 9.30. The Bertz CT molecular complexity index is 1050. The molecular formula is C24H26N4. The number of nitrogens with zero attached hydrogens (tertiary/aromatic N) is 4. The van der Waals surface area contributed by atoms with Crippen molar-refractivity contribution in [2.45, 2.75) is 45.7 Å². The van der Waals surface area contributed by atoms with Crippen LogP contribution in [-0.4, -0.2) is 16.1 Å². The zero-order valence-corrected chi connectivity index (χ0v) is 16.9. The van der Waals surface area contributed by atoms with Crippen LogP contribution in [0.15, 0.2) is 61.1 Å². The molecule has 0 saturated heterocycles. The first-order valence-corrected chi connectivity index (χ1v) is 10.1. The number of hydrogen-bond acceptors (Lipinski definition) is 4. The number of hydrogen-bond donors (Lipinski definition) is 0. The lowest BCUT2D eigenvalue weighted by atomic mass is 9.66. The van der Waals surface area contributed by atoms with Gasteiger partial charge in [0.2, 0.25) is 0 Å². The van der Waals surface area contributed by atoms with Gasteiger partial charge in [-0.2, -0.15) is 0 Å². The van der Waals surface area contributed by atoms with Gasteiger partial charge in [-0.05, 0) is 36.6 Å². The largest absolute Gasteiger partial charge is 0.315 e. The van der Waals surface area contributed by atoms with E-state index in [4.69, 9.17) is 4.98 Å². The van der Waals surface area contributed by atoms with Crippen molar-refractivity contribution < 1.29 is 0 Å². The number of aryl methyl sites for hydroxylation is 1. The third-order valence-electron chi connectivity index (χ3n) is 7.03. The summed E-state index contributed by atoms with van der Waals surface area (Å²) in [7, 11) is 0. The van der Waals surface area contributed by atoms with Gasteiger partial charge in [-0.15, -0.1) is 0 Å². The average molecular weight is 371 g/mol.